The van der Waals surface area contributed by atoms with Crippen LogP contribution in [0.4, 0.5) is 0 Å². The molecule has 10 unspecified atom stereocenters. The molecule has 1 saturated heterocycles. The lowest BCUT2D eigenvalue weighted by atomic mass is 9.56. The summed E-state index contributed by atoms with van der Waals surface area (Å²) in [4.78, 5) is 0. The van der Waals surface area contributed by atoms with Gasteiger partial charge in [-0.3, -0.25) is 0 Å². The summed E-state index contributed by atoms with van der Waals surface area (Å²) in [5.41, 5.74) is 0. The molecule has 4 aliphatic carbocycles. The normalized spacial score (nSPS) is 57.2. The fourth-order valence-corrected chi connectivity index (χ4v) is 7.52. The van der Waals surface area contributed by atoms with Crippen LogP contribution in [0.15, 0.2) is 0 Å². The molecule has 136 valence electrons. The van der Waals surface area contributed by atoms with E-state index in [9.17, 15) is 10.2 Å². The number of hydrogen-bond donors (Lipinski definition) is 2. The smallest absolute Gasteiger partial charge is 0.0610 e. The van der Waals surface area contributed by atoms with Gasteiger partial charge in [-0.1, -0.05) is 0 Å². The van der Waals surface area contributed by atoms with Crippen molar-refractivity contribution in [3.8, 4) is 0 Å². The Kier molecular flexibility index (Phi) is 4.18. The van der Waals surface area contributed by atoms with Gasteiger partial charge in [-0.05, 0) is 106 Å². The van der Waals surface area contributed by atoms with Crippen LogP contribution in [-0.4, -0.2) is 34.6 Å². The molecule has 0 aromatic rings. The van der Waals surface area contributed by atoms with Gasteiger partial charge < -0.3 is 14.9 Å². The third-order valence-electron chi connectivity index (χ3n) is 8.63. The van der Waals surface area contributed by atoms with Crippen molar-refractivity contribution in [2.24, 2.45) is 35.5 Å². The monoisotopic (exact) mass is 334 g/mol. The number of hydrogen-bond acceptors (Lipinski definition) is 3. The summed E-state index contributed by atoms with van der Waals surface area (Å²) < 4.78 is 6.70. The van der Waals surface area contributed by atoms with Crippen molar-refractivity contribution in [3.63, 3.8) is 0 Å². The van der Waals surface area contributed by atoms with Gasteiger partial charge in [0, 0.05) is 0 Å². The summed E-state index contributed by atoms with van der Waals surface area (Å²) in [7, 11) is 0. The van der Waals surface area contributed by atoms with E-state index in [1.54, 1.807) is 0 Å². The molecule has 5 fully saturated rings. The minimum Gasteiger partial charge on any atom is -0.393 e. The van der Waals surface area contributed by atoms with Crippen molar-refractivity contribution < 1.29 is 14.9 Å². The molecule has 5 rings (SSSR count). The lowest BCUT2D eigenvalue weighted by molar-refractivity contribution is -0.196. The molecule has 3 nitrogen and oxygen atoms in total. The van der Waals surface area contributed by atoms with E-state index in [-0.39, 0.29) is 12.2 Å². The van der Waals surface area contributed by atoms with E-state index in [0.29, 0.717) is 35.9 Å². The summed E-state index contributed by atoms with van der Waals surface area (Å²) in [5.74, 6) is 4.43. The number of aliphatic hydroxyl groups is 2. The van der Waals surface area contributed by atoms with Gasteiger partial charge in [0.15, 0.2) is 0 Å². The molecule has 0 aromatic heterocycles. The van der Waals surface area contributed by atoms with E-state index in [2.05, 4.69) is 0 Å². The van der Waals surface area contributed by atoms with Gasteiger partial charge >= 0.3 is 0 Å². The lowest BCUT2D eigenvalue weighted by Gasteiger charge is -2.56. The Morgan fingerprint density at radius 2 is 0.958 bits per heavy atom. The third-order valence-corrected chi connectivity index (χ3v) is 8.63. The molecular weight excluding hydrogens is 300 g/mol. The quantitative estimate of drug-likeness (QED) is 0.713. The lowest BCUT2D eigenvalue weighted by Crippen LogP contribution is -2.54. The van der Waals surface area contributed by atoms with Crippen LogP contribution in [0.25, 0.3) is 0 Å². The van der Waals surface area contributed by atoms with Crippen LogP contribution < -0.4 is 0 Å². The topological polar surface area (TPSA) is 49.7 Å². The maximum absolute atomic E-state index is 10.2. The predicted octanol–water partition coefficient (Wildman–Crippen LogP) is 3.52. The molecule has 0 aromatic carbocycles. The molecule has 4 saturated carbocycles. The predicted molar refractivity (Wildman–Crippen MR) is 92.4 cm³/mol. The van der Waals surface area contributed by atoms with Gasteiger partial charge in [0.1, 0.15) is 0 Å². The van der Waals surface area contributed by atoms with Crippen LogP contribution in [0, 0.1) is 35.5 Å². The van der Waals surface area contributed by atoms with E-state index >= 15 is 0 Å². The second-order valence-electron chi connectivity index (χ2n) is 9.71. The van der Waals surface area contributed by atoms with Crippen molar-refractivity contribution in [2.75, 3.05) is 0 Å². The van der Waals surface area contributed by atoms with Crippen molar-refractivity contribution in [1.29, 1.82) is 0 Å². The van der Waals surface area contributed by atoms with Crippen molar-refractivity contribution in [1.82, 2.24) is 0 Å². The Hall–Kier alpha value is -0.120. The highest BCUT2D eigenvalue weighted by atomic mass is 16.5. The Bertz CT molecular complexity index is 426. The van der Waals surface area contributed by atoms with Gasteiger partial charge in [0.2, 0.25) is 0 Å². The Morgan fingerprint density at radius 3 is 1.46 bits per heavy atom. The summed E-state index contributed by atoms with van der Waals surface area (Å²) in [6.07, 6.45) is 13.8. The highest BCUT2D eigenvalue weighted by Crippen LogP contribution is 2.55. The molecule has 10 atom stereocenters. The second kappa shape index (κ2) is 6.25. The molecular formula is C21H34O3. The number of rotatable bonds is 0. The Morgan fingerprint density at radius 1 is 0.500 bits per heavy atom. The molecule has 3 heteroatoms. The Balaban J connectivity index is 1.37. The number of fused-ring (bicyclic) bond motifs is 6. The van der Waals surface area contributed by atoms with Crippen LogP contribution in [0.2, 0.25) is 0 Å². The highest BCUT2D eigenvalue weighted by molar-refractivity contribution is 5.01. The van der Waals surface area contributed by atoms with E-state index in [0.717, 1.165) is 37.5 Å². The first kappa shape index (κ1) is 16.1. The Labute approximate surface area is 146 Å². The first-order valence-electron chi connectivity index (χ1n) is 10.7. The SMILES string of the molecule is OC1CCC2CCC3OC4CCC5CCC(O)CC5C4CC3C2C1. The maximum Gasteiger partial charge on any atom is 0.0610 e. The summed E-state index contributed by atoms with van der Waals surface area (Å²) in [6.45, 7) is 0. The fourth-order valence-electron chi connectivity index (χ4n) is 7.52. The number of aliphatic hydroxyl groups excluding tert-OH is 2. The highest BCUT2D eigenvalue weighted by Gasteiger charge is 2.52. The van der Waals surface area contributed by atoms with Crippen molar-refractivity contribution >= 4 is 0 Å². The van der Waals surface area contributed by atoms with E-state index < -0.39 is 0 Å². The van der Waals surface area contributed by atoms with Gasteiger partial charge in [-0.15, -0.1) is 0 Å². The van der Waals surface area contributed by atoms with Crippen LogP contribution in [-0.2, 0) is 4.74 Å². The van der Waals surface area contributed by atoms with E-state index in [1.165, 1.54) is 44.9 Å². The molecule has 1 aliphatic heterocycles. The van der Waals surface area contributed by atoms with Crippen molar-refractivity contribution in [3.05, 3.63) is 0 Å². The average Bonchev–Trinajstić information content (AvgIpc) is 2.60. The molecule has 2 N–H and O–H groups in total. The van der Waals surface area contributed by atoms with Gasteiger partial charge in [-0.2, -0.15) is 0 Å². The number of ether oxygens (including phenoxy) is 1. The van der Waals surface area contributed by atoms with Crippen LogP contribution >= 0.6 is 0 Å². The standard InChI is InChI=1S/C21H34O3/c22-14-5-1-12-3-7-20-18(16(12)9-14)11-19-17-10-15(23)6-2-13(17)4-8-21(19)24-20/h12-23H,1-11H2. The minimum absolute atomic E-state index is 0.0710. The van der Waals surface area contributed by atoms with E-state index in [4.69, 9.17) is 4.74 Å². The van der Waals surface area contributed by atoms with Gasteiger partial charge in [0.05, 0.1) is 24.4 Å². The van der Waals surface area contributed by atoms with Crippen LogP contribution in [0.5, 0.6) is 0 Å². The minimum atomic E-state index is -0.0710. The van der Waals surface area contributed by atoms with Crippen LogP contribution in [0.3, 0.4) is 0 Å². The molecule has 0 bridgehead atoms. The summed E-state index contributed by atoms with van der Waals surface area (Å²) >= 11 is 0. The molecule has 0 radical (unpaired) electrons. The van der Waals surface area contributed by atoms with E-state index in [1.807, 2.05) is 0 Å². The first-order chi connectivity index (χ1) is 11.7. The molecule has 0 spiro atoms. The molecule has 24 heavy (non-hydrogen) atoms. The van der Waals surface area contributed by atoms with Crippen molar-refractivity contribution in [2.45, 2.75) is 95.0 Å². The molecule has 5 aliphatic rings. The zero-order chi connectivity index (χ0) is 16.3. The third kappa shape index (κ3) is 2.66. The van der Waals surface area contributed by atoms with Gasteiger partial charge in [0.25, 0.3) is 0 Å². The molecule has 0 amide bonds. The maximum atomic E-state index is 10.2. The van der Waals surface area contributed by atoms with Gasteiger partial charge in [-0.25, -0.2) is 0 Å². The second-order valence-corrected chi connectivity index (χ2v) is 9.71. The molecule has 1 heterocycles. The zero-order valence-electron chi connectivity index (χ0n) is 14.9. The first-order valence-corrected chi connectivity index (χ1v) is 10.7. The fraction of sp³-hybridized carbons (Fsp3) is 1.00. The average molecular weight is 335 g/mol. The summed E-state index contributed by atoms with van der Waals surface area (Å²) in [6, 6.07) is 0. The zero-order valence-corrected chi connectivity index (χ0v) is 14.9. The summed E-state index contributed by atoms with van der Waals surface area (Å²) in [5, 5.41) is 20.4. The van der Waals surface area contributed by atoms with Crippen LogP contribution in [0.1, 0.15) is 70.6 Å². The largest absolute Gasteiger partial charge is 0.393 e.